The van der Waals surface area contributed by atoms with Crippen molar-refractivity contribution in [2.45, 2.75) is 6.92 Å². The van der Waals surface area contributed by atoms with Crippen LogP contribution >= 0.6 is 0 Å². The first-order valence-corrected chi connectivity index (χ1v) is 10.2. The Morgan fingerprint density at radius 2 is 1.77 bits per heavy atom. The number of nitrogen functional groups attached to an aromatic ring is 1. The second-order valence-corrected chi connectivity index (χ2v) is 7.41. The molecule has 0 amide bonds. The summed E-state index contributed by atoms with van der Waals surface area (Å²) in [4.78, 5) is 18.5. The molecular formula is C22H24N8. The SMILES string of the molecule is CCN1CCN(c2ccc(-c3cnc4c(-c5ccccn5)c(N)nn4c3)cn2)CC1. The van der Waals surface area contributed by atoms with Crippen LogP contribution in [0.2, 0.25) is 0 Å². The summed E-state index contributed by atoms with van der Waals surface area (Å²) in [6.45, 7) is 7.50. The van der Waals surface area contributed by atoms with E-state index in [2.05, 4.69) is 43.9 Å². The van der Waals surface area contributed by atoms with Gasteiger partial charge in [-0.1, -0.05) is 13.0 Å². The highest BCUT2D eigenvalue weighted by molar-refractivity contribution is 5.84. The van der Waals surface area contributed by atoms with E-state index in [-0.39, 0.29) is 0 Å². The zero-order valence-corrected chi connectivity index (χ0v) is 16.9. The van der Waals surface area contributed by atoms with Crippen molar-refractivity contribution in [3.8, 4) is 22.4 Å². The van der Waals surface area contributed by atoms with Crippen molar-refractivity contribution in [3.05, 3.63) is 55.1 Å². The molecular weight excluding hydrogens is 376 g/mol. The van der Waals surface area contributed by atoms with Crippen LogP contribution in [0.3, 0.4) is 0 Å². The van der Waals surface area contributed by atoms with Crippen molar-refractivity contribution in [1.29, 1.82) is 0 Å². The Morgan fingerprint density at radius 3 is 2.47 bits per heavy atom. The summed E-state index contributed by atoms with van der Waals surface area (Å²) >= 11 is 0. The van der Waals surface area contributed by atoms with E-state index in [1.807, 2.05) is 36.8 Å². The van der Waals surface area contributed by atoms with E-state index in [0.717, 1.165) is 60.9 Å². The number of anilines is 2. The molecule has 152 valence electrons. The van der Waals surface area contributed by atoms with Crippen molar-refractivity contribution >= 4 is 17.3 Å². The maximum atomic E-state index is 6.16. The molecule has 0 saturated carbocycles. The lowest BCUT2D eigenvalue weighted by molar-refractivity contribution is 0.270. The minimum Gasteiger partial charge on any atom is -0.382 e. The molecule has 1 aliphatic heterocycles. The first kappa shape index (κ1) is 18.5. The topological polar surface area (TPSA) is 88.5 Å². The van der Waals surface area contributed by atoms with Gasteiger partial charge in [0, 0.05) is 62.1 Å². The van der Waals surface area contributed by atoms with Crippen LogP contribution in [0.1, 0.15) is 6.92 Å². The first-order chi connectivity index (χ1) is 14.7. The molecule has 4 aromatic rings. The monoisotopic (exact) mass is 400 g/mol. The lowest BCUT2D eigenvalue weighted by atomic mass is 10.1. The third-order valence-electron chi connectivity index (χ3n) is 5.65. The van der Waals surface area contributed by atoms with Gasteiger partial charge < -0.3 is 15.5 Å². The van der Waals surface area contributed by atoms with Gasteiger partial charge in [-0.2, -0.15) is 0 Å². The van der Waals surface area contributed by atoms with Crippen molar-refractivity contribution in [2.75, 3.05) is 43.4 Å². The molecule has 8 nitrogen and oxygen atoms in total. The predicted molar refractivity (Wildman–Crippen MR) is 118 cm³/mol. The van der Waals surface area contributed by atoms with E-state index in [0.29, 0.717) is 11.5 Å². The van der Waals surface area contributed by atoms with Gasteiger partial charge in [-0.15, -0.1) is 5.10 Å². The highest BCUT2D eigenvalue weighted by Gasteiger charge is 2.18. The maximum absolute atomic E-state index is 6.16. The number of hydrogen-bond donors (Lipinski definition) is 1. The van der Waals surface area contributed by atoms with Crippen LogP contribution in [0.25, 0.3) is 28.0 Å². The van der Waals surface area contributed by atoms with E-state index in [1.54, 1.807) is 10.7 Å². The molecule has 1 fully saturated rings. The van der Waals surface area contributed by atoms with E-state index < -0.39 is 0 Å². The maximum Gasteiger partial charge on any atom is 0.166 e. The normalized spacial score (nSPS) is 15.0. The van der Waals surface area contributed by atoms with Gasteiger partial charge in [-0.25, -0.2) is 14.5 Å². The number of likely N-dealkylation sites (N-methyl/N-ethyl adjacent to an activating group) is 1. The predicted octanol–water partition coefficient (Wildman–Crippen LogP) is 2.58. The Morgan fingerprint density at radius 1 is 0.933 bits per heavy atom. The highest BCUT2D eigenvalue weighted by Crippen LogP contribution is 2.29. The Bertz CT molecular complexity index is 1150. The third-order valence-corrected chi connectivity index (χ3v) is 5.65. The molecule has 0 radical (unpaired) electrons. The van der Waals surface area contributed by atoms with Crippen molar-refractivity contribution in [3.63, 3.8) is 0 Å². The molecule has 0 unspecified atom stereocenters. The Hall–Kier alpha value is -3.52. The number of aromatic nitrogens is 5. The van der Waals surface area contributed by atoms with Crippen LogP contribution in [0.15, 0.2) is 55.1 Å². The van der Waals surface area contributed by atoms with E-state index in [9.17, 15) is 0 Å². The van der Waals surface area contributed by atoms with Crippen LogP contribution in [-0.2, 0) is 0 Å². The smallest absolute Gasteiger partial charge is 0.166 e. The lowest BCUT2D eigenvalue weighted by Gasteiger charge is -2.34. The van der Waals surface area contributed by atoms with Crippen molar-refractivity contribution < 1.29 is 0 Å². The second kappa shape index (κ2) is 7.72. The quantitative estimate of drug-likeness (QED) is 0.563. The molecule has 2 N–H and O–H groups in total. The van der Waals surface area contributed by atoms with Gasteiger partial charge in [0.1, 0.15) is 5.82 Å². The lowest BCUT2D eigenvalue weighted by Crippen LogP contribution is -2.46. The fourth-order valence-electron chi connectivity index (χ4n) is 3.89. The number of pyridine rings is 2. The Kier molecular flexibility index (Phi) is 4.76. The minimum absolute atomic E-state index is 0.415. The number of nitrogens with zero attached hydrogens (tertiary/aromatic N) is 7. The van der Waals surface area contributed by atoms with Crippen LogP contribution in [0.5, 0.6) is 0 Å². The molecule has 8 heteroatoms. The Balaban J connectivity index is 1.41. The molecule has 0 aliphatic carbocycles. The molecule has 5 rings (SSSR count). The van der Waals surface area contributed by atoms with E-state index in [1.165, 1.54) is 0 Å². The van der Waals surface area contributed by atoms with Crippen LogP contribution in [0.4, 0.5) is 11.6 Å². The molecule has 0 aromatic carbocycles. The fraction of sp³-hybridized carbons (Fsp3) is 0.273. The van der Waals surface area contributed by atoms with Crippen LogP contribution < -0.4 is 10.6 Å². The summed E-state index contributed by atoms with van der Waals surface area (Å²) in [5, 5.41) is 4.44. The van der Waals surface area contributed by atoms with Gasteiger partial charge in [0.05, 0.1) is 11.3 Å². The molecule has 1 saturated heterocycles. The van der Waals surface area contributed by atoms with Gasteiger partial charge in [-0.05, 0) is 30.8 Å². The van der Waals surface area contributed by atoms with Crippen LogP contribution in [0, 0.1) is 0 Å². The number of nitrogens with two attached hydrogens (primary N) is 1. The van der Waals surface area contributed by atoms with Crippen LogP contribution in [-0.4, -0.2) is 62.2 Å². The second-order valence-electron chi connectivity index (χ2n) is 7.41. The van der Waals surface area contributed by atoms with E-state index >= 15 is 0 Å². The fourth-order valence-corrected chi connectivity index (χ4v) is 3.89. The molecule has 0 spiro atoms. The minimum atomic E-state index is 0.415. The van der Waals surface area contributed by atoms with Gasteiger partial charge in [0.15, 0.2) is 11.5 Å². The molecule has 0 bridgehead atoms. The Labute approximate surface area is 175 Å². The summed E-state index contributed by atoms with van der Waals surface area (Å²) in [6, 6.07) is 9.88. The van der Waals surface area contributed by atoms with Crippen molar-refractivity contribution in [2.24, 2.45) is 0 Å². The largest absolute Gasteiger partial charge is 0.382 e. The number of piperazine rings is 1. The molecule has 1 aliphatic rings. The molecule has 4 aromatic heterocycles. The van der Waals surface area contributed by atoms with Gasteiger partial charge >= 0.3 is 0 Å². The zero-order chi connectivity index (χ0) is 20.5. The summed E-state index contributed by atoms with van der Waals surface area (Å²) in [6.07, 6.45) is 7.40. The first-order valence-electron chi connectivity index (χ1n) is 10.2. The summed E-state index contributed by atoms with van der Waals surface area (Å²) in [7, 11) is 0. The molecule has 0 atom stereocenters. The number of fused-ring (bicyclic) bond motifs is 1. The highest BCUT2D eigenvalue weighted by atomic mass is 15.3. The van der Waals surface area contributed by atoms with E-state index in [4.69, 9.17) is 10.7 Å². The number of hydrogen-bond acceptors (Lipinski definition) is 7. The van der Waals surface area contributed by atoms with Gasteiger partial charge in [0.2, 0.25) is 0 Å². The summed E-state index contributed by atoms with van der Waals surface area (Å²) in [5.41, 5.74) is 10.3. The average molecular weight is 400 g/mol. The van der Waals surface area contributed by atoms with Crippen molar-refractivity contribution in [1.82, 2.24) is 29.5 Å². The molecule has 30 heavy (non-hydrogen) atoms. The van der Waals surface area contributed by atoms with Gasteiger partial charge in [-0.3, -0.25) is 4.98 Å². The third kappa shape index (κ3) is 3.35. The molecule has 5 heterocycles. The number of rotatable bonds is 4. The van der Waals surface area contributed by atoms with Gasteiger partial charge in [0.25, 0.3) is 0 Å². The zero-order valence-electron chi connectivity index (χ0n) is 16.9. The summed E-state index contributed by atoms with van der Waals surface area (Å²) < 4.78 is 1.71. The standard InChI is InChI=1S/C22H24N8/c1-2-28-9-11-29(12-10-28)19-7-6-16(13-25-19)17-14-26-22-20(18-5-3-4-8-24-18)21(23)27-30(22)15-17/h3-8,13-15H,2,9-12H2,1H3,(H2,23,27). The summed E-state index contributed by atoms with van der Waals surface area (Å²) in [5.74, 6) is 1.43. The average Bonchev–Trinajstić information content (AvgIpc) is 3.14.